The number of ether oxygens (including phenoxy) is 1. The molecular formula is C33H26Cl2N2O7S. The first-order chi connectivity index (χ1) is 21.6. The molecule has 5 rings (SSSR count). The molecule has 1 amide bonds. The van der Waals surface area contributed by atoms with E-state index in [1.54, 1.807) is 66.7 Å². The smallest absolute Gasteiger partial charge is 0.341 e. The fourth-order valence-electron chi connectivity index (χ4n) is 4.46. The van der Waals surface area contributed by atoms with Gasteiger partial charge in [-0.2, -0.15) is 0 Å². The van der Waals surface area contributed by atoms with E-state index in [1.807, 2.05) is 6.07 Å². The molecule has 0 saturated carbocycles. The zero-order valence-electron chi connectivity index (χ0n) is 23.6. The zero-order valence-corrected chi connectivity index (χ0v) is 25.9. The van der Waals surface area contributed by atoms with E-state index in [2.05, 4.69) is 10.3 Å². The average Bonchev–Trinajstić information content (AvgIpc) is 3.42. The van der Waals surface area contributed by atoms with Gasteiger partial charge in [0.2, 0.25) is 5.89 Å². The zero-order chi connectivity index (χ0) is 32.0. The number of aromatic nitrogens is 1. The van der Waals surface area contributed by atoms with Gasteiger partial charge in [0.05, 0.1) is 16.3 Å². The van der Waals surface area contributed by atoms with E-state index in [1.165, 1.54) is 24.3 Å². The molecule has 1 aromatic heterocycles. The van der Waals surface area contributed by atoms with Gasteiger partial charge in [-0.15, -0.1) is 0 Å². The number of carbonyl (C=O) groups excluding carboxylic acids is 1. The van der Waals surface area contributed by atoms with Crippen molar-refractivity contribution in [1.29, 1.82) is 0 Å². The predicted molar refractivity (Wildman–Crippen MR) is 174 cm³/mol. The molecular weight excluding hydrogens is 639 g/mol. The maximum atomic E-state index is 13.3. The van der Waals surface area contributed by atoms with Crippen molar-refractivity contribution in [2.45, 2.75) is 17.7 Å². The number of nitrogens with one attached hydrogen (secondary N) is 1. The number of amides is 1. The van der Waals surface area contributed by atoms with Crippen LogP contribution in [0.3, 0.4) is 0 Å². The van der Waals surface area contributed by atoms with Crippen molar-refractivity contribution in [3.8, 4) is 5.75 Å². The Morgan fingerprint density at radius 2 is 1.71 bits per heavy atom. The number of oxazole rings is 1. The van der Waals surface area contributed by atoms with Crippen LogP contribution in [0.5, 0.6) is 5.75 Å². The number of hydrogen-bond acceptors (Lipinski definition) is 7. The third-order valence-corrected chi connectivity index (χ3v) is 8.93. The highest BCUT2D eigenvalue weighted by molar-refractivity contribution is 7.91. The highest BCUT2D eigenvalue weighted by atomic mass is 35.5. The summed E-state index contributed by atoms with van der Waals surface area (Å²) < 4.78 is 36.6. The predicted octanol–water partition coefficient (Wildman–Crippen LogP) is 7.43. The second-order valence-corrected chi connectivity index (χ2v) is 12.9. The fraction of sp³-hybridized carbons (Fsp3) is 0.121. The van der Waals surface area contributed by atoms with Gasteiger partial charge in [0.15, 0.2) is 22.0 Å². The Morgan fingerprint density at radius 1 is 0.933 bits per heavy atom. The minimum Gasteiger partial charge on any atom is -0.480 e. The van der Waals surface area contributed by atoms with Crippen LogP contribution in [0.1, 0.15) is 33.8 Å². The number of rotatable bonds is 12. The Labute approximate surface area is 269 Å². The van der Waals surface area contributed by atoms with Crippen molar-refractivity contribution in [1.82, 2.24) is 4.98 Å². The van der Waals surface area contributed by atoms with Crippen molar-refractivity contribution < 1.29 is 32.3 Å². The standard InChI is InChI=1S/C33H26Cl2N2O7S/c34-24-8-11-26(12-9-24)45(41,42)16-2-4-22-6-13-29(43-20-32(38)39)27(18-22)37-33(40)23-5-1-3-21(17-23)7-15-31-36-28-19-25(35)10-14-30(28)44-31/h1,3,5-15,17-19H,2,4,16,20H2,(H,37,40)(H,38,39). The number of anilines is 1. The van der Waals surface area contributed by atoms with Crippen molar-refractivity contribution in [3.63, 3.8) is 0 Å². The van der Waals surface area contributed by atoms with E-state index < -0.39 is 28.3 Å². The number of halogens is 2. The van der Waals surface area contributed by atoms with Crippen LogP contribution in [0.25, 0.3) is 23.3 Å². The minimum absolute atomic E-state index is 0.0921. The van der Waals surface area contributed by atoms with E-state index in [4.69, 9.17) is 37.5 Å². The summed E-state index contributed by atoms with van der Waals surface area (Å²) in [6.07, 6.45) is 4.13. The molecule has 4 aromatic carbocycles. The van der Waals surface area contributed by atoms with Crippen LogP contribution in [0.4, 0.5) is 5.69 Å². The largest absolute Gasteiger partial charge is 0.480 e. The lowest BCUT2D eigenvalue weighted by molar-refractivity contribution is -0.139. The van der Waals surface area contributed by atoms with E-state index in [0.717, 1.165) is 5.56 Å². The van der Waals surface area contributed by atoms with E-state index in [-0.39, 0.29) is 22.1 Å². The first kappa shape index (κ1) is 31.8. The fourth-order valence-corrected chi connectivity index (χ4v) is 6.06. The summed E-state index contributed by atoms with van der Waals surface area (Å²) in [5.74, 6) is -1.18. The van der Waals surface area contributed by atoms with Crippen LogP contribution >= 0.6 is 23.2 Å². The lowest BCUT2D eigenvalue weighted by Gasteiger charge is -2.14. The lowest BCUT2D eigenvalue weighted by Crippen LogP contribution is -2.15. The number of aliphatic carboxylic acids is 1. The van der Waals surface area contributed by atoms with Crippen LogP contribution in [0, 0.1) is 0 Å². The molecule has 45 heavy (non-hydrogen) atoms. The van der Waals surface area contributed by atoms with Gasteiger partial charge in [-0.1, -0.05) is 41.4 Å². The van der Waals surface area contributed by atoms with Gasteiger partial charge >= 0.3 is 5.97 Å². The van der Waals surface area contributed by atoms with Gasteiger partial charge in [0, 0.05) is 21.7 Å². The van der Waals surface area contributed by atoms with Gasteiger partial charge in [-0.3, -0.25) is 4.79 Å². The molecule has 0 spiro atoms. The van der Waals surface area contributed by atoms with Crippen LogP contribution in [0.15, 0.2) is 94.2 Å². The van der Waals surface area contributed by atoms with Crippen LogP contribution in [0.2, 0.25) is 10.0 Å². The summed E-state index contributed by atoms with van der Waals surface area (Å²) in [7, 11) is -3.51. The molecule has 5 aromatic rings. The molecule has 12 heteroatoms. The summed E-state index contributed by atoms with van der Waals surface area (Å²) >= 11 is 11.9. The monoisotopic (exact) mass is 664 g/mol. The maximum Gasteiger partial charge on any atom is 0.341 e. The number of sulfone groups is 1. The Balaban J connectivity index is 1.29. The summed E-state index contributed by atoms with van der Waals surface area (Å²) in [5, 5.41) is 12.9. The van der Waals surface area contributed by atoms with Crippen LogP contribution < -0.4 is 10.1 Å². The molecule has 0 radical (unpaired) electrons. The minimum atomic E-state index is -3.51. The number of carbonyl (C=O) groups is 2. The topological polar surface area (TPSA) is 136 Å². The Kier molecular flexibility index (Phi) is 9.87. The van der Waals surface area contributed by atoms with Gasteiger partial charge in [0.25, 0.3) is 5.91 Å². The second kappa shape index (κ2) is 14.0. The molecule has 0 aliphatic carbocycles. The Morgan fingerprint density at radius 3 is 2.49 bits per heavy atom. The SMILES string of the molecule is O=C(O)COc1ccc(CCCS(=O)(=O)c2ccc(Cl)cc2)cc1NC(=O)c1cccc(C=Cc2nc3cc(Cl)ccc3o2)c1. The van der Waals surface area contributed by atoms with Gasteiger partial charge in [-0.05, 0) is 96.8 Å². The van der Waals surface area contributed by atoms with Gasteiger partial charge < -0.3 is 19.6 Å². The van der Waals surface area contributed by atoms with E-state index in [0.29, 0.717) is 51.0 Å². The number of carboxylic acid groups (broad SMARTS) is 1. The normalized spacial score (nSPS) is 11.6. The van der Waals surface area contributed by atoms with Crippen molar-refractivity contribution >= 4 is 73.9 Å². The maximum absolute atomic E-state index is 13.3. The first-order valence-electron chi connectivity index (χ1n) is 13.7. The molecule has 0 fully saturated rings. The number of hydrogen-bond donors (Lipinski definition) is 2. The molecule has 0 aliphatic rings. The third-order valence-electron chi connectivity index (χ3n) is 6.63. The van der Waals surface area contributed by atoms with Gasteiger partial charge in [0.1, 0.15) is 11.3 Å². The molecule has 0 unspecified atom stereocenters. The second-order valence-electron chi connectivity index (χ2n) is 9.97. The Bertz CT molecular complexity index is 2010. The van der Waals surface area contributed by atoms with E-state index >= 15 is 0 Å². The lowest BCUT2D eigenvalue weighted by atomic mass is 10.1. The molecule has 0 saturated heterocycles. The van der Waals surface area contributed by atoms with Crippen molar-refractivity contribution in [2.75, 3.05) is 17.7 Å². The number of nitrogens with zero attached hydrogens (tertiary/aromatic N) is 1. The van der Waals surface area contributed by atoms with Crippen molar-refractivity contribution in [3.05, 3.63) is 118 Å². The number of carboxylic acids is 1. The molecule has 0 aliphatic heterocycles. The number of benzene rings is 4. The summed E-state index contributed by atoms with van der Waals surface area (Å²) in [6, 6.07) is 22.9. The summed E-state index contributed by atoms with van der Waals surface area (Å²) in [5.41, 5.74) is 3.26. The highest BCUT2D eigenvalue weighted by Crippen LogP contribution is 2.28. The summed E-state index contributed by atoms with van der Waals surface area (Å²) in [4.78, 5) is 29.0. The first-order valence-corrected chi connectivity index (χ1v) is 16.1. The van der Waals surface area contributed by atoms with Crippen molar-refractivity contribution in [2.24, 2.45) is 0 Å². The molecule has 2 N–H and O–H groups in total. The van der Waals surface area contributed by atoms with Crippen LogP contribution in [-0.2, 0) is 21.1 Å². The Hall–Kier alpha value is -4.64. The number of aryl methyl sites for hydroxylation is 1. The van der Waals surface area contributed by atoms with E-state index in [9.17, 15) is 18.0 Å². The molecule has 9 nitrogen and oxygen atoms in total. The molecule has 230 valence electrons. The van der Waals surface area contributed by atoms with Gasteiger partial charge in [-0.25, -0.2) is 18.2 Å². The van der Waals surface area contributed by atoms with Crippen LogP contribution in [-0.4, -0.2) is 42.7 Å². The molecule has 0 bridgehead atoms. The highest BCUT2D eigenvalue weighted by Gasteiger charge is 2.16. The summed E-state index contributed by atoms with van der Waals surface area (Å²) in [6.45, 7) is -0.607. The quantitative estimate of drug-likeness (QED) is 0.141. The molecule has 0 atom stereocenters. The molecule has 1 heterocycles. The average molecular weight is 666 g/mol. The third kappa shape index (κ3) is 8.51. The number of fused-ring (bicyclic) bond motifs is 1.